The summed E-state index contributed by atoms with van der Waals surface area (Å²) in [6, 6.07) is 9.90. The van der Waals surface area contributed by atoms with Crippen molar-refractivity contribution in [2.45, 2.75) is 6.18 Å². The van der Waals surface area contributed by atoms with Crippen molar-refractivity contribution in [2.24, 2.45) is 0 Å². The van der Waals surface area contributed by atoms with Crippen LogP contribution in [0.2, 0.25) is 0 Å². The molecular weight excluding hydrogens is 321 g/mol. The fourth-order valence-electron chi connectivity index (χ4n) is 2.66. The Balaban J connectivity index is 2.16. The molecular formula is C18H13F3O3. The van der Waals surface area contributed by atoms with E-state index in [0.717, 1.165) is 6.07 Å². The highest BCUT2D eigenvalue weighted by Crippen LogP contribution is 2.41. The Morgan fingerprint density at radius 3 is 2.58 bits per heavy atom. The minimum atomic E-state index is -4.48. The van der Waals surface area contributed by atoms with Gasteiger partial charge in [-0.1, -0.05) is 18.2 Å². The Morgan fingerprint density at radius 1 is 1.12 bits per heavy atom. The Labute approximate surface area is 136 Å². The van der Waals surface area contributed by atoms with Crippen LogP contribution in [0.5, 0.6) is 5.75 Å². The van der Waals surface area contributed by atoms with E-state index in [9.17, 15) is 18.0 Å². The van der Waals surface area contributed by atoms with E-state index in [1.165, 1.54) is 31.4 Å². The Hall–Kier alpha value is -2.76. The Bertz CT molecular complexity index is 822. The first kappa shape index (κ1) is 16.1. The number of benzene rings is 2. The van der Waals surface area contributed by atoms with Crippen molar-refractivity contribution in [3.05, 3.63) is 70.8 Å². The summed E-state index contributed by atoms with van der Waals surface area (Å²) in [6.45, 7) is 0.159. The molecule has 0 N–H and O–H groups in total. The number of carbonyl (C=O) groups is 1. The van der Waals surface area contributed by atoms with Crippen molar-refractivity contribution >= 4 is 11.5 Å². The first-order chi connectivity index (χ1) is 11.4. The van der Waals surface area contributed by atoms with Gasteiger partial charge in [0.15, 0.2) is 0 Å². The number of rotatable bonds is 2. The topological polar surface area (TPSA) is 35.5 Å². The number of methoxy groups -OCH3 is 1. The minimum Gasteiger partial charge on any atom is -0.489 e. The van der Waals surface area contributed by atoms with E-state index in [0.29, 0.717) is 16.9 Å². The molecule has 6 heteroatoms. The number of ether oxygens (including phenoxy) is 2. The molecule has 124 valence electrons. The molecule has 1 aliphatic heterocycles. The van der Waals surface area contributed by atoms with Crippen LogP contribution in [0.15, 0.2) is 48.5 Å². The van der Waals surface area contributed by atoms with Gasteiger partial charge in [0.25, 0.3) is 0 Å². The maximum absolute atomic E-state index is 13.3. The van der Waals surface area contributed by atoms with Gasteiger partial charge in [0.05, 0.1) is 18.2 Å². The molecule has 24 heavy (non-hydrogen) atoms. The summed E-state index contributed by atoms with van der Waals surface area (Å²) < 4.78 is 50.1. The lowest BCUT2D eigenvalue weighted by atomic mass is 9.91. The fraction of sp³-hybridized carbons (Fsp3) is 0.167. The van der Waals surface area contributed by atoms with Crippen LogP contribution in [0, 0.1) is 0 Å². The zero-order chi connectivity index (χ0) is 17.3. The van der Waals surface area contributed by atoms with Crippen LogP contribution in [0.4, 0.5) is 13.2 Å². The summed E-state index contributed by atoms with van der Waals surface area (Å²) in [5.74, 6) is -0.135. The molecule has 0 spiro atoms. The molecule has 3 nitrogen and oxygen atoms in total. The molecule has 0 amide bonds. The highest BCUT2D eigenvalue weighted by atomic mass is 19.4. The normalized spacial score (nSPS) is 13.6. The minimum absolute atomic E-state index is 0.0524. The van der Waals surface area contributed by atoms with Crippen molar-refractivity contribution in [1.82, 2.24) is 0 Å². The van der Waals surface area contributed by atoms with Crippen LogP contribution >= 0.6 is 0 Å². The van der Waals surface area contributed by atoms with Gasteiger partial charge in [-0.2, -0.15) is 13.2 Å². The summed E-state index contributed by atoms with van der Waals surface area (Å²) in [6.07, 6.45) is -2.90. The second-order valence-corrected chi connectivity index (χ2v) is 5.17. The molecule has 2 aromatic rings. The predicted molar refractivity (Wildman–Crippen MR) is 81.8 cm³/mol. The fourth-order valence-corrected chi connectivity index (χ4v) is 2.66. The van der Waals surface area contributed by atoms with Gasteiger partial charge in [-0.05, 0) is 41.5 Å². The van der Waals surface area contributed by atoms with Crippen LogP contribution in [-0.4, -0.2) is 19.7 Å². The van der Waals surface area contributed by atoms with Gasteiger partial charge in [0.2, 0.25) is 0 Å². The highest BCUT2D eigenvalue weighted by Gasteiger charge is 2.34. The largest absolute Gasteiger partial charge is 0.489 e. The van der Waals surface area contributed by atoms with Crippen molar-refractivity contribution in [3.63, 3.8) is 0 Å². The van der Waals surface area contributed by atoms with Crippen molar-refractivity contribution < 1.29 is 27.4 Å². The zero-order valence-corrected chi connectivity index (χ0v) is 12.7. The molecule has 0 unspecified atom stereocenters. The van der Waals surface area contributed by atoms with Gasteiger partial charge >= 0.3 is 12.1 Å². The van der Waals surface area contributed by atoms with Gasteiger partial charge in [-0.3, -0.25) is 0 Å². The molecule has 0 atom stereocenters. The van der Waals surface area contributed by atoms with Gasteiger partial charge in [0, 0.05) is 5.56 Å². The molecule has 1 heterocycles. The molecule has 0 bridgehead atoms. The first-order valence-corrected chi connectivity index (χ1v) is 7.14. The summed E-state index contributed by atoms with van der Waals surface area (Å²) >= 11 is 0. The third-order valence-corrected chi connectivity index (χ3v) is 3.74. The molecule has 0 radical (unpaired) electrons. The molecule has 0 fully saturated rings. The monoisotopic (exact) mass is 334 g/mol. The van der Waals surface area contributed by atoms with Crippen LogP contribution in [0.3, 0.4) is 0 Å². The van der Waals surface area contributed by atoms with Gasteiger partial charge in [-0.25, -0.2) is 4.79 Å². The molecule has 0 aromatic heterocycles. The molecule has 2 aromatic carbocycles. The third-order valence-electron chi connectivity index (χ3n) is 3.74. The molecule has 0 saturated heterocycles. The number of fused-ring (bicyclic) bond motifs is 1. The lowest BCUT2D eigenvalue weighted by Crippen LogP contribution is -2.13. The molecule has 1 aliphatic rings. The first-order valence-electron chi connectivity index (χ1n) is 7.14. The van der Waals surface area contributed by atoms with Gasteiger partial charge in [-0.15, -0.1) is 0 Å². The Kier molecular flexibility index (Phi) is 4.05. The number of esters is 1. The lowest BCUT2D eigenvalue weighted by Gasteiger charge is -2.22. The highest BCUT2D eigenvalue weighted by molar-refractivity contribution is 5.93. The smallest absolute Gasteiger partial charge is 0.417 e. The zero-order valence-electron chi connectivity index (χ0n) is 12.7. The van der Waals surface area contributed by atoms with Crippen molar-refractivity contribution in [1.29, 1.82) is 0 Å². The maximum Gasteiger partial charge on any atom is 0.417 e. The number of halogens is 3. The summed E-state index contributed by atoms with van der Waals surface area (Å²) in [7, 11) is 1.24. The van der Waals surface area contributed by atoms with Gasteiger partial charge < -0.3 is 9.47 Å². The second kappa shape index (κ2) is 6.03. The predicted octanol–water partition coefficient (Wildman–Crippen LogP) is 4.32. The van der Waals surface area contributed by atoms with E-state index in [2.05, 4.69) is 4.74 Å². The van der Waals surface area contributed by atoms with E-state index < -0.39 is 17.7 Å². The Morgan fingerprint density at radius 2 is 1.88 bits per heavy atom. The van der Waals surface area contributed by atoms with Crippen molar-refractivity contribution in [3.8, 4) is 5.75 Å². The lowest BCUT2D eigenvalue weighted by molar-refractivity contribution is -0.137. The van der Waals surface area contributed by atoms with E-state index in [1.807, 2.05) is 0 Å². The second-order valence-electron chi connectivity index (χ2n) is 5.17. The van der Waals surface area contributed by atoms with E-state index in [4.69, 9.17) is 4.74 Å². The molecule has 0 aliphatic carbocycles. The summed E-state index contributed by atoms with van der Waals surface area (Å²) in [5.41, 5.74) is 0.386. The SMILES string of the molecule is COC(=O)c1ccc2c(c1)C(c1ccccc1C(F)(F)F)=CCO2. The average Bonchev–Trinajstić information content (AvgIpc) is 2.59. The molecule has 3 rings (SSSR count). The quantitative estimate of drug-likeness (QED) is 0.768. The van der Waals surface area contributed by atoms with Crippen LogP contribution in [0.1, 0.15) is 27.0 Å². The van der Waals surface area contributed by atoms with E-state index >= 15 is 0 Å². The average molecular weight is 334 g/mol. The van der Waals surface area contributed by atoms with E-state index in [1.54, 1.807) is 18.2 Å². The van der Waals surface area contributed by atoms with Crippen LogP contribution in [0.25, 0.3) is 5.57 Å². The van der Waals surface area contributed by atoms with Crippen molar-refractivity contribution in [2.75, 3.05) is 13.7 Å². The van der Waals surface area contributed by atoms with Crippen LogP contribution < -0.4 is 4.74 Å². The summed E-state index contributed by atoms with van der Waals surface area (Å²) in [5, 5.41) is 0. The third kappa shape index (κ3) is 2.87. The molecule has 0 saturated carbocycles. The summed E-state index contributed by atoms with van der Waals surface area (Å²) in [4.78, 5) is 11.7. The number of alkyl halides is 3. The number of hydrogen-bond acceptors (Lipinski definition) is 3. The van der Waals surface area contributed by atoms with Gasteiger partial charge in [0.1, 0.15) is 12.4 Å². The number of carbonyl (C=O) groups excluding carboxylic acids is 1. The maximum atomic E-state index is 13.3. The standard InChI is InChI=1S/C18H13F3O3/c1-23-17(22)11-6-7-16-14(10-11)12(8-9-24-16)13-4-2-3-5-15(13)18(19,20)21/h2-8,10H,9H2,1H3. The van der Waals surface area contributed by atoms with Crippen LogP contribution in [-0.2, 0) is 10.9 Å². The van der Waals surface area contributed by atoms with E-state index in [-0.39, 0.29) is 17.7 Å². The number of hydrogen-bond donors (Lipinski definition) is 0.